The van der Waals surface area contributed by atoms with E-state index in [-0.39, 0.29) is 6.10 Å². The van der Waals surface area contributed by atoms with Gasteiger partial charge in [-0.2, -0.15) is 5.26 Å². The van der Waals surface area contributed by atoms with Crippen LogP contribution in [-0.2, 0) is 4.74 Å². The fourth-order valence-electron chi connectivity index (χ4n) is 2.18. The summed E-state index contributed by atoms with van der Waals surface area (Å²) < 4.78 is 5.39. The molecule has 1 aliphatic heterocycles. The van der Waals surface area contributed by atoms with Crippen molar-refractivity contribution in [1.29, 1.82) is 5.26 Å². The zero-order valence-corrected chi connectivity index (χ0v) is 10.6. The van der Waals surface area contributed by atoms with Crippen LogP contribution in [0.2, 0.25) is 5.02 Å². The average molecular weight is 251 g/mol. The smallest absolute Gasteiger partial charge is 0.0992 e. The predicted octanol–water partition coefficient (Wildman–Crippen LogP) is 2.83. The van der Waals surface area contributed by atoms with Gasteiger partial charge in [0.05, 0.1) is 28.4 Å². The number of nitrogens with zero attached hydrogens (tertiary/aromatic N) is 2. The molecule has 3 nitrogen and oxygen atoms in total. The molecule has 0 aliphatic carbocycles. The molecule has 0 N–H and O–H groups in total. The molecule has 2 rings (SSSR count). The van der Waals surface area contributed by atoms with E-state index in [0.717, 1.165) is 31.6 Å². The van der Waals surface area contributed by atoms with Crippen LogP contribution in [0.4, 0.5) is 5.69 Å². The summed E-state index contributed by atoms with van der Waals surface area (Å²) in [6.07, 6.45) is 2.48. The van der Waals surface area contributed by atoms with E-state index in [9.17, 15) is 0 Å². The number of ether oxygens (including phenoxy) is 1. The van der Waals surface area contributed by atoms with Gasteiger partial charge in [-0.3, -0.25) is 0 Å². The topological polar surface area (TPSA) is 36.3 Å². The predicted molar refractivity (Wildman–Crippen MR) is 68.4 cm³/mol. The van der Waals surface area contributed by atoms with Crippen LogP contribution in [0, 0.1) is 11.3 Å². The van der Waals surface area contributed by atoms with E-state index in [1.165, 1.54) is 0 Å². The molecule has 1 unspecified atom stereocenters. The summed E-state index contributed by atoms with van der Waals surface area (Å²) in [5, 5.41) is 9.44. The van der Waals surface area contributed by atoms with Crippen molar-refractivity contribution in [3.05, 3.63) is 28.8 Å². The van der Waals surface area contributed by atoms with Crippen molar-refractivity contribution < 1.29 is 4.74 Å². The zero-order chi connectivity index (χ0) is 12.3. The minimum absolute atomic E-state index is 0.274. The molecule has 1 aliphatic rings. The van der Waals surface area contributed by atoms with Gasteiger partial charge < -0.3 is 9.64 Å². The van der Waals surface area contributed by atoms with E-state index in [4.69, 9.17) is 21.6 Å². The summed E-state index contributed by atoms with van der Waals surface area (Å²) in [6, 6.07) is 7.52. The lowest BCUT2D eigenvalue weighted by atomic mass is 10.1. The summed E-state index contributed by atoms with van der Waals surface area (Å²) in [6.45, 7) is 1.85. The third-order valence-electron chi connectivity index (χ3n) is 3.13. The van der Waals surface area contributed by atoms with Gasteiger partial charge in [-0.15, -0.1) is 0 Å². The number of methoxy groups -OCH3 is 1. The van der Waals surface area contributed by atoms with Crippen LogP contribution in [-0.4, -0.2) is 26.3 Å². The molecule has 1 aromatic rings. The van der Waals surface area contributed by atoms with Crippen molar-refractivity contribution in [1.82, 2.24) is 0 Å². The highest BCUT2D eigenvalue weighted by molar-refractivity contribution is 6.33. The number of hydrogen-bond acceptors (Lipinski definition) is 3. The monoisotopic (exact) mass is 250 g/mol. The molecule has 4 heteroatoms. The lowest BCUT2D eigenvalue weighted by molar-refractivity contribution is 0.0893. The first-order valence-corrected chi connectivity index (χ1v) is 6.10. The Hall–Kier alpha value is -1.24. The highest BCUT2D eigenvalue weighted by Crippen LogP contribution is 2.29. The molecule has 90 valence electrons. The number of halogens is 1. The second-order valence-corrected chi connectivity index (χ2v) is 4.63. The fraction of sp³-hybridized carbons (Fsp3) is 0.462. The molecule has 0 amide bonds. The molecule has 1 aromatic carbocycles. The van der Waals surface area contributed by atoms with Gasteiger partial charge in [-0.25, -0.2) is 0 Å². The Morgan fingerprint density at radius 3 is 3.00 bits per heavy atom. The maximum atomic E-state index is 8.80. The lowest BCUT2D eigenvalue weighted by Gasteiger charge is -2.34. The molecular formula is C13H15ClN2O. The molecular weight excluding hydrogens is 236 g/mol. The largest absolute Gasteiger partial charge is 0.380 e. The first kappa shape index (κ1) is 12.2. The van der Waals surface area contributed by atoms with Gasteiger partial charge >= 0.3 is 0 Å². The third-order valence-corrected chi connectivity index (χ3v) is 3.43. The Labute approximate surface area is 107 Å². The molecule has 0 saturated carbocycles. The molecule has 0 aromatic heterocycles. The van der Waals surface area contributed by atoms with Gasteiger partial charge in [0.25, 0.3) is 0 Å². The van der Waals surface area contributed by atoms with Crippen molar-refractivity contribution in [3.8, 4) is 6.07 Å². The molecule has 17 heavy (non-hydrogen) atoms. The van der Waals surface area contributed by atoms with E-state index in [1.54, 1.807) is 19.2 Å². The lowest BCUT2D eigenvalue weighted by Crippen LogP contribution is -2.39. The normalized spacial score (nSPS) is 20.1. The summed E-state index contributed by atoms with van der Waals surface area (Å²) >= 11 is 6.20. The van der Waals surface area contributed by atoms with E-state index < -0.39 is 0 Å². The number of anilines is 1. The maximum absolute atomic E-state index is 8.80. The Bertz CT molecular complexity index is 442. The molecule has 0 spiro atoms. The van der Waals surface area contributed by atoms with Crippen LogP contribution >= 0.6 is 11.6 Å². The van der Waals surface area contributed by atoms with Crippen molar-refractivity contribution in [2.45, 2.75) is 18.9 Å². The second-order valence-electron chi connectivity index (χ2n) is 4.22. The van der Waals surface area contributed by atoms with Gasteiger partial charge in [0, 0.05) is 20.2 Å². The minimum Gasteiger partial charge on any atom is -0.380 e. The number of nitriles is 1. The Morgan fingerprint density at radius 1 is 1.53 bits per heavy atom. The molecule has 1 atom stereocenters. The van der Waals surface area contributed by atoms with Crippen molar-refractivity contribution in [3.63, 3.8) is 0 Å². The number of benzene rings is 1. The molecule has 1 fully saturated rings. The van der Waals surface area contributed by atoms with E-state index in [1.807, 2.05) is 6.07 Å². The van der Waals surface area contributed by atoms with Crippen LogP contribution in [0.15, 0.2) is 18.2 Å². The summed E-state index contributed by atoms with van der Waals surface area (Å²) in [7, 11) is 1.74. The Balaban J connectivity index is 2.19. The number of piperidine rings is 1. The van der Waals surface area contributed by atoms with Gasteiger partial charge in [-0.05, 0) is 31.0 Å². The van der Waals surface area contributed by atoms with Crippen LogP contribution in [0.5, 0.6) is 0 Å². The first-order valence-electron chi connectivity index (χ1n) is 5.72. The number of rotatable bonds is 2. The standard InChI is InChI=1S/C13H15ClN2O/c1-17-11-3-2-6-16(9-11)13-5-4-10(8-15)7-12(13)14/h4-5,7,11H,2-3,6,9H2,1H3. The van der Waals surface area contributed by atoms with E-state index in [2.05, 4.69) is 11.0 Å². The van der Waals surface area contributed by atoms with Crippen molar-refractivity contribution >= 4 is 17.3 Å². The fourth-order valence-corrected chi connectivity index (χ4v) is 2.48. The highest BCUT2D eigenvalue weighted by Gasteiger charge is 2.21. The quantitative estimate of drug-likeness (QED) is 0.810. The average Bonchev–Trinajstić information content (AvgIpc) is 2.38. The van der Waals surface area contributed by atoms with Crippen molar-refractivity contribution in [2.24, 2.45) is 0 Å². The Morgan fingerprint density at radius 2 is 2.35 bits per heavy atom. The highest BCUT2D eigenvalue weighted by atomic mass is 35.5. The SMILES string of the molecule is COC1CCCN(c2ccc(C#N)cc2Cl)C1. The first-order chi connectivity index (χ1) is 8.24. The van der Waals surface area contributed by atoms with E-state index in [0.29, 0.717) is 10.6 Å². The maximum Gasteiger partial charge on any atom is 0.0992 e. The minimum atomic E-state index is 0.274. The molecule has 0 radical (unpaired) electrons. The molecule has 1 heterocycles. The molecule has 0 bridgehead atoms. The third kappa shape index (κ3) is 2.71. The zero-order valence-electron chi connectivity index (χ0n) is 9.82. The summed E-state index contributed by atoms with van der Waals surface area (Å²) in [4.78, 5) is 2.22. The van der Waals surface area contributed by atoms with Crippen LogP contribution < -0.4 is 4.90 Å². The number of hydrogen-bond donors (Lipinski definition) is 0. The van der Waals surface area contributed by atoms with Crippen LogP contribution in [0.3, 0.4) is 0 Å². The van der Waals surface area contributed by atoms with E-state index >= 15 is 0 Å². The van der Waals surface area contributed by atoms with Crippen molar-refractivity contribution in [2.75, 3.05) is 25.1 Å². The molecule has 1 saturated heterocycles. The van der Waals surface area contributed by atoms with Gasteiger partial charge in [0.2, 0.25) is 0 Å². The van der Waals surface area contributed by atoms with Gasteiger partial charge in [0.15, 0.2) is 0 Å². The summed E-state index contributed by atoms with van der Waals surface area (Å²) in [5.41, 5.74) is 1.59. The van der Waals surface area contributed by atoms with Gasteiger partial charge in [0.1, 0.15) is 0 Å². The van der Waals surface area contributed by atoms with Gasteiger partial charge in [-0.1, -0.05) is 11.6 Å². The summed E-state index contributed by atoms with van der Waals surface area (Å²) in [5.74, 6) is 0. The van der Waals surface area contributed by atoms with Crippen LogP contribution in [0.25, 0.3) is 0 Å². The van der Waals surface area contributed by atoms with Crippen LogP contribution in [0.1, 0.15) is 18.4 Å². The Kier molecular flexibility index (Phi) is 3.88. The second kappa shape index (κ2) is 5.39.